The number of fused-ring (bicyclic) bond motifs is 1. The molecule has 0 saturated carbocycles. The zero-order chi connectivity index (χ0) is 30.4. The highest BCUT2D eigenvalue weighted by Gasteiger charge is 2.39. The summed E-state index contributed by atoms with van der Waals surface area (Å²) in [5.74, 6) is 2.32. The summed E-state index contributed by atoms with van der Waals surface area (Å²) < 4.78 is 61.9. The first kappa shape index (κ1) is 32.3. The molecule has 17 nitrogen and oxygen atoms in total. The molecule has 0 aliphatic carbocycles. The molecule has 1 saturated heterocycles. The van der Waals surface area contributed by atoms with Crippen molar-refractivity contribution < 1.29 is 51.4 Å². The van der Waals surface area contributed by atoms with Crippen molar-refractivity contribution in [2.45, 2.75) is 37.0 Å². The summed E-state index contributed by atoms with van der Waals surface area (Å²) in [6.07, 6.45) is -0.206. The minimum atomic E-state index is -4.82. The van der Waals surface area contributed by atoms with Gasteiger partial charge in [0.15, 0.2) is 11.2 Å². The lowest BCUT2D eigenvalue weighted by atomic mass is 10.1. The zero-order valence-electron chi connectivity index (χ0n) is 22.8. The molecule has 4 rings (SSSR count). The van der Waals surface area contributed by atoms with Gasteiger partial charge in [-0.1, -0.05) is 0 Å². The first-order valence-corrected chi connectivity index (χ1v) is 16.2. The normalized spacial score (nSPS) is 20.8. The number of phosphoric acid groups is 1. The second kappa shape index (κ2) is 14.2. The van der Waals surface area contributed by atoms with Crippen LogP contribution in [-0.2, 0) is 39.7 Å². The summed E-state index contributed by atoms with van der Waals surface area (Å²) in [6.45, 7) is -0.266. The van der Waals surface area contributed by atoms with E-state index in [2.05, 4.69) is 19.3 Å². The molecule has 0 amide bonds. The quantitative estimate of drug-likeness (QED) is 0.104. The van der Waals surface area contributed by atoms with Gasteiger partial charge in [-0.05, 0) is 0 Å². The maximum Gasteiger partial charge on any atom is 0.479 e. The standard InChI is InChI=1S/C22H31N5O12P2S/c1-33-12-4-15(34-2)14(16(5-12)35-3)9-42-11-36-17-6-13(38-18(17)8-37-41(31,32)39-40(29)30)7-27-10-24-19-20(27)25-22(23)26-21(19)28/h4-5,10,13,17-18,40H,6-9,11H2,1-3H3,(H,29,30)(H,31,32)(H3,23,25,26,28)/t13-,17+,18?/m1/s1. The number of anilines is 1. The molecule has 1 aromatic carbocycles. The fraction of sp³-hybridized carbons (Fsp3) is 0.500. The van der Waals surface area contributed by atoms with Crippen LogP contribution in [0.1, 0.15) is 12.0 Å². The van der Waals surface area contributed by atoms with Crippen LogP contribution < -0.4 is 25.5 Å². The minimum Gasteiger partial charge on any atom is -0.496 e. The lowest BCUT2D eigenvalue weighted by Gasteiger charge is -2.20. The first-order valence-electron chi connectivity index (χ1n) is 12.3. The minimum absolute atomic E-state index is 0.0712. The van der Waals surface area contributed by atoms with Crippen molar-refractivity contribution in [3.63, 3.8) is 0 Å². The fourth-order valence-electron chi connectivity index (χ4n) is 4.36. The maximum absolute atomic E-state index is 12.1. The summed E-state index contributed by atoms with van der Waals surface area (Å²) in [5, 5.41) is 0. The highest BCUT2D eigenvalue weighted by atomic mass is 32.2. The number of imidazole rings is 1. The largest absolute Gasteiger partial charge is 0.496 e. The van der Waals surface area contributed by atoms with E-state index >= 15 is 0 Å². The second-order valence-corrected chi connectivity index (χ2v) is 12.2. The Morgan fingerprint density at radius 1 is 1.26 bits per heavy atom. The van der Waals surface area contributed by atoms with Crippen LogP contribution in [0.15, 0.2) is 23.3 Å². The molecule has 0 radical (unpaired) electrons. The number of methoxy groups -OCH3 is 3. The highest BCUT2D eigenvalue weighted by molar-refractivity contribution is 7.98. The Hall–Kier alpha value is -2.66. The van der Waals surface area contributed by atoms with Crippen molar-refractivity contribution in [3.05, 3.63) is 34.4 Å². The number of nitrogens with one attached hydrogen (secondary N) is 1. The van der Waals surface area contributed by atoms with Gasteiger partial charge in [0.05, 0.1) is 59.0 Å². The Balaban J connectivity index is 1.44. The lowest BCUT2D eigenvalue weighted by Crippen LogP contribution is -2.29. The van der Waals surface area contributed by atoms with Crippen LogP contribution in [0.4, 0.5) is 5.95 Å². The summed E-state index contributed by atoms with van der Waals surface area (Å²) in [7, 11) is -3.92. The van der Waals surface area contributed by atoms with E-state index in [0.29, 0.717) is 29.4 Å². The van der Waals surface area contributed by atoms with Gasteiger partial charge in [0, 0.05) is 29.9 Å². The molecule has 5 N–H and O–H groups in total. The fourth-order valence-corrected chi connectivity index (χ4v) is 6.54. The molecule has 1 aliphatic heterocycles. The topological polar surface area (TPSA) is 229 Å². The number of aromatic nitrogens is 4. The molecule has 20 heteroatoms. The predicted octanol–water partition coefficient (Wildman–Crippen LogP) is 1.68. The number of hydrogen-bond acceptors (Lipinski definition) is 14. The third-order valence-electron chi connectivity index (χ3n) is 6.19. The molecule has 3 aromatic rings. The van der Waals surface area contributed by atoms with Gasteiger partial charge in [0.1, 0.15) is 23.4 Å². The number of benzene rings is 1. The third-order valence-corrected chi connectivity index (χ3v) is 9.01. The number of ether oxygens (including phenoxy) is 5. The van der Waals surface area contributed by atoms with Gasteiger partial charge in [-0.15, -0.1) is 11.8 Å². The summed E-state index contributed by atoms with van der Waals surface area (Å²) in [4.78, 5) is 41.3. The molecular weight excluding hydrogens is 620 g/mol. The molecule has 1 fully saturated rings. The van der Waals surface area contributed by atoms with Crippen LogP contribution in [0, 0.1) is 0 Å². The van der Waals surface area contributed by atoms with Gasteiger partial charge in [-0.3, -0.25) is 18.9 Å². The number of rotatable bonds is 15. The van der Waals surface area contributed by atoms with E-state index in [0.717, 1.165) is 5.56 Å². The highest BCUT2D eigenvalue weighted by Crippen LogP contribution is 2.51. The smallest absolute Gasteiger partial charge is 0.479 e. The van der Waals surface area contributed by atoms with E-state index in [9.17, 15) is 18.8 Å². The van der Waals surface area contributed by atoms with Crippen LogP contribution in [0.2, 0.25) is 0 Å². The SMILES string of the molecule is COc1cc(OC)c(CSCO[C@H]2C[C@H](Cn3cnc4c(=O)[nH]c(N)nc43)OC2COP(=O)(O)O[PH](=O)O)c(OC)c1. The average Bonchev–Trinajstić information content (AvgIpc) is 3.52. The molecule has 0 bridgehead atoms. The Labute approximate surface area is 244 Å². The van der Waals surface area contributed by atoms with Gasteiger partial charge < -0.3 is 43.8 Å². The number of phosphoric ester groups is 1. The number of H-pyrrole nitrogens is 1. The molecule has 1 aliphatic rings. The van der Waals surface area contributed by atoms with E-state index in [4.69, 9.17) is 38.8 Å². The van der Waals surface area contributed by atoms with Crippen LogP contribution in [0.3, 0.4) is 0 Å². The molecule has 232 valence electrons. The number of hydrogen-bond donors (Lipinski definition) is 4. The van der Waals surface area contributed by atoms with E-state index in [1.54, 1.807) is 38.0 Å². The number of aromatic amines is 1. The van der Waals surface area contributed by atoms with Gasteiger partial charge in [-0.25, -0.2) is 13.9 Å². The number of nitrogens with two attached hydrogens (primary N) is 1. The Kier molecular flexibility index (Phi) is 10.9. The second-order valence-electron chi connectivity index (χ2n) is 8.86. The van der Waals surface area contributed by atoms with Crippen LogP contribution in [0.5, 0.6) is 17.2 Å². The molecule has 2 aromatic heterocycles. The van der Waals surface area contributed by atoms with Gasteiger partial charge in [0.25, 0.3) is 5.56 Å². The third kappa shape index (κ3) is 8.03. The Morgan fingerprint density at radius 3 is 2.62 bits per heavy atom. The molecular formula is C22H31N5O12P2S. The average molecular weight is 652 g/mol. The molecule has 5 atom stereocenters. The monoisotopic (exact) mass is 651 g/mol. The number of thioether (sulfide) groups is 1. The summed E-state index contributed by atoms with van der Waals surface area (Å²) >= 11 is 1.42. The van der Waals surface area contributed by atoms with Gasteiger partial charge in [0.2, 0.25) is 5.95 Å². The van der Waals surface area contributed by atoms with Crippen molar-refractivity contribution >= 4 is 45.0 Å². The van der Waals surface area contributed by atoms with Gasteiger partial charge in [-0.2, -0.15) is 4.98 Å². The summed E-state index contributed by atoms with van der Waals surface area (Å²) in [5.41, 5.74) is 6.35. The van der Waals surface area contributed by atoms with Crippen molar-refractivity contribution in [2.75, 3.05) is 39.6 Å². The summed E-state index contributed by atoms with van der Waals surface area (Å²) in [6, 6.07) is 3.49. The van der Waals surface area contributed by atoms with Crippen LogP contribution in [0.25, 0.3) is 11.2 Å². The lowest BCUT2D eigenvalue weighted by molar-refractivity contribution is -0.0383. The first-order chi connectivity index (χ1) is 20.0. The molecule has 42 heavy (non-hydrogen) atoms. The van der Waals surface area contributed by atoms with Crippen LogP contribution >= 0.6 is 27.8 Å². The van der Waals surface area contributed by atoms with Crippen LogP contribution in [-0.4, -0.2) is 81.5 Å². The zero-order valence-corrected chi connectivity index (χ0v) is 25.5. The molecule has 0 spiro atoms. The van der Waals surface area contributed by atoms with E-state index in [-0.39, 0.29) is 29.6 Å². The van der Waals surface area contributed by atoms with E-state index in [1.165, 1.54) is 18.1 Å². The molecule has 3 heterocycles. The molecule has 3 unspecified atom stereocenters. The van der Waals surface area contributed by atoms with Crippen molar-refractivity contribution in [1.29, 1.82) is 0 Å². The predicted molar refractivity (Wildman–Crippen MR) is 151 cm³/mol. The van der Waals surface area contributed by atoms with Crippen molar-refractivity contribution in [2.24, 2.45) is 0 Å². The number of nitrogen functional groups attached to an aromatic ring is 1. The maximum atomic E-state index is 12.1. The van der Waals surface area contributed by atoms with Crippen molar-refractivity contribution in [1.82, 2.24) is 19.5 Å². The number of nitrogens with zero attached hydrogens (tertiary/aromatic N) is 3. The van der Waals surface area contributed by atoms with Gasteiger partial charge >= 0.3 is 16.1 Å². The van der Waals surface area contributed by atoms with E-state index < -0.39 is 46.6 Å². The van der Waals surface area contributed by atoms with E-state index in [1.807, 2.05) is 0 Å². The Bertz CT molecular complexity index is 1500. The Morgan fingerprint density at radius 2 is 1.98 bits per heavy atom. The van der Waals surface area contributed by atoms with Crippen molar-refractivity contribution in [3.8, 4) is 17.2 Å².